The van der Waals surface area contributed by atoms with Crippen LogP contribution in [0, 0.1) is 0 Å². The smallest absolute Gasteiger partial charge is 0.316 e. The van der Waals surface area contributed by atoms with Crippen molar-refractivity contribution in [2.24, 2.45) is 0 Å². The Morgan fingerprint density at radius 3 is 2.53 bits per heavy atom. The van der Waals surface area contributed by atoms with Crippen molar-refractivity contribution in [2.45, 2.75) is 31.3 Å². The normalized spacial score (nSPS) is 11.5. The Morgan fingerprint density at radius 2 is 1.79 bits per heavy atom. The fourth-order valence-electron chi connectivity index (χ4n) is 1.83. The Bertz CT molecular complexity index is 579. The third kappa shape index (κ3) is 4.00. The highest BCUT2D eigenvalue weighted by Gasteiger charge is 2.16. The van der Waals surface area contributed by atoms with Gasteiger partial charge in [0, 0.05) is 4.90 Å². The zero-order valence-electron chi connectivity index (χ0n) is 11.5. The van der Waals surface area contributed by atoms with Gasteiger partial charge < -0.3 is 4.74 Å². The minimum absolute atomic E-state index is 0.176. The molecule has 2 nitrogen and oxygen atoms in total. The second-order valence-corrected chi connectivity index (χ2v) is 6.37. The number of benzene rings is 2. The molecule has 2 aromatic rings. The molecular formula is C16H18O2S. The quantitative estimate of drug-likeness (QED) is 0.617. The maximum absolute atomic E-state index is 11.7. The van der Waals surface area contributed by atoms with Crippen molar-refractivity contribution in [1.82, 2.24) is 0 Å². The van der Waals surface area contributed by atoms with E-state index in [1.807, 2.05) is 45.0 Å². The number of rotatable bonds is 3. The number of thioether (sulfide) groups is 1. The molecule has 0 saturated carbocycles. The van der Waals surface area contributed by atoms with Crippen molar-refractivity contribution < 1.29 is 9.53 Å². The molecule has 0 aliphatic carbocycles. The van der Waals surface area contributed by atoms with Gasteiger partial charge in [-0.2, -0.15) is 0 Å². The molecule has 0 radical (unpaired) electrons. The minimum atomic E-state index is -0.420. The SMILES string of the molecule is CC(C)(C)OC(=O)CSc1cccc2ccccc12. The highest BCUT2D eigenvalue weighted by atomic mass is 32.2. The van der Waals surface area contributed by atoms with E-state index in [0.717, 1.165) is 4.90 Å². The zero-order valence-corrected chi connectivity index (χ0v) is 12.3. The van der Waals surface area contributed by atoms with Crippen molar-refractivity contribution in [2.75, 3.05) is 5.75 Å². The van der Waals surface area contributed by atoms with E-state index in [2.05, 4.69) is 18.2 Å². The number of carbonyl (C=O) groups excluding carboxylic acids is 1. The fraction of sp³-hybridized carbons (Fsp3) is 0.312. The largest absolute Gasteiger partial charge is 0.459 e. The first kappa shape index (κ1) is 13.9. The van der Waals surface area contributed by atoms with Crippen LogP contribution in [0.5, 0.6) is 0 Å². The summed E-state index contributed by atoms with van der Waals surface area (Å²) in [5.41, 5.74) is -0.420. The van der Waals surface area contributed by atoms with Gasteiger partial charge in [0.2, 0.25) is 0 Å². The highest BCUT2D eigenvalue weighted by Crippen LogP contribution is 2.28. The first-order valence-electron chi connectivity index (χ1n) is 6.28. The minimum Gasteiger partial charge on any atom is -0.459 e. The average molecular weight is 274 g/mol. The van der Waals surface area contributed by atoms with E-state index in [0.29, 0.717) is 5.75 Å². The second-order valence-electron chi connectivity index (χ2n) is 5.35. The van der Waals surface area contributed by atoms with Crippen LogP contribution in [0.4, 0.5) is 0 Å². The molecule has 0 N–H and O–H groups in total. The van der Waals surface area contributed by atoms with E-state index < -0.39 is 5.60 Å². The molecule has 0 aliphatic heterocycles. The van der Waals surface area contributed by atoms with Gasteiger partial charge in [0.05, 0.1) is 5.75 Å². The van der Waals surface area contributed by atoms with Gasteiger partial charge in [0.1, 0.15) is 5.60 Å². The molecule has 0 aromatic heterocycles. The van der Waals surface area contributed by atoms with E-state index in [1.165, 1.54) is 22.5 Å². The zero-order chi connectivity index (χ0) is 13.9. The van der Waals surface area contributed by atoms with Crippen molar-refractivity contribution in [3.63, 3.8) is 0 Å². The summed E-state index contributed by atoms with van der Waals surface area (Å²) in [6.07, 6.45) is 0. The molecule has 2 aromatic carbocycles. The molecule has 19 heavy (non-hydrogen) atoms. The van der Waals surface area contributed by atoms with Crippen LogP contribution in [0.25, 0.3) is 10.8 Å². The van der Waals surface area contributed by atoms with Gasteiger partial charge in [-0.25, -0.2) is 0 Å². The van der Waals surface area contributed by atoms with Gasteiger partial charge in [-0.15, -0.1) is 11.8 Å². The van der Waals surface area contributed by atoms with Gasteiger partial charge >= 0.3 is 5.97 Å². The number of carbonyl (C=O) groups is 1. The van der Waals surface area contributed by atoms with Crippen LogP contribution in [0.2, 0.25) is 0 Å². The molecule has 0 saturated heterocycles. The summed E-state index contributed by atoms with van der Waals surface area (Å²) in [6.45, 7) is 5.65. The third-order valence-electron chi connectivity index (χ3n) is 2.52. The van der Waals surface area contributed by atoms with Crippen molar-refractivity contribution in [1.29, 1.82) is 0 Å². The van der Waals surface area contributed by atoms with Gasteiger partial charge in [0.25, 0.3) is 0 Å². The first-order valence-corrected chi connectivity index (χ1v) is 7.27. The second kappa shape index (κ2) is 5.66. The van der Waals surface area contributed by atoms with Crippen LogP contribution in [0.15, 0.2) is 47.4 Å². The number of esters is 1. The van der Waals surface area contributed by atoms with Crippen LogP contribution in [0.3, 0.4) is 0 Å². The molecule has 0 unspecified atom stereocenters. The Balaban J connectivity index is 2.08. The lowest BCUT2D eigenvalue weighted by atomic mass is 10.1. The summed E-state index contributed by atoms with van der Waals surface area (Å²) in [5.74, 6) is 0.163. The molecule has 0 aliphatic rings. The lowest BCUT2D eigenvalue weighted by Crippen LogP contribution is -2.24. The number of ether oxygens (including phenoxy) is 1. The summed E-state index contributed by atoms with van der Waals surface area (Å²) in [5, 5.41) is 2.37. The van der Waals surface area contributed by atoms with Crippen LogP contribution >= 0.6 is 11.8 Å². The summed E-state index contributed by atoms with van der Waals surface area (Å²) in [6, 6.07) is 14.3. The Labute approximate surface area is 118 Å². The van der Waals surface area contributed by atoms with Crippen LogP contribution in [0.1, 0.15) is 20.8 Å². The van der Waals surface area contributed by atoms with E-state index in [1.54, 1.807) is 0 Å². The summed E-state index contributed by atoms with van der Waals surface area (Å²) in [4.78, 5) is 12.8. The standard InChI is InChI=1S/C16H18O2S/c1-16(2,3)18-15(17)11-19-14-10-6-8-12-7-4-5-9-13(12)14/h4-10H,11H2,1-3H3. The predicted molar refractivity (Wildman–Crippen MR) is 80.5 cm³/mol. The number of hydrogen-bond acceptors (Lipinski definition) is 3. The van der Waals surface area contributed by atoms with Gasteiger partial charge in [0.15, 0.2) is 0 Å². The Morgan fingerprint density at radius 1 is 1.11 bits per heavy atom. The van der Waals surface area contributed by atoms with Crippen molar-refractivity contribution in [3.8, 4) is 0 Å². The van der Waals surface area contributed by atoms with Crippen LogP contribution in [-0.2, 0) is 9.53 Å². The summed E-state index contributed by atoms with van der Waals surface area (Å²) in [7, 11) is 0. The lowest BCUT2D eigenvalue weighted by Gasteiger charge is -2.19. The predicted octanol–water partition coefficient (Wildman–Crippen LogP) is 4.27. The molecule has 0 heterocycles. The van der Waals surface area contributed by atoms with E-state index in [-0.39, 0.29) is 5.97 Å². The number of fused-ring (bicyclic) bond motifs is 1. The molecule has 2 rings (SSSR count). The Kier molecular flexibility index (Phi) is 4.15. The van der Waals surface area contributed by atoms with E-state index in [4.69, 9.17) is 4.74 Å². The van der Waals surface area contributed by atoms with Crippen molar-refractivity contribution in [3.05, 3.63) is 42.5 Å². The van der Waals surface area contributed by atoms with Gasteiger partial charge in [-0.05, 0) is 37.6 Å². The molecule has 0 bridgehead atoms. The van der Waals surface area contributed by atoms with E-state index in [9.17, 15) is 4.79 Å². The average Bonchev–Trinajstić information content (AvgIpc) is 2.34. The molecule has 100 valence electrons. The highest BCUT2D eigenvalue weighted by molar-refractivity contribution is 8.00. The van der Waals surface area contributed by atoms with Crippen molar-refractivity contribution >= 4 is 28.5 Å². The van der Waals surface area contributed by atoms with Crippen LogP contribution in [-0.4, -0.2) is 17.3 Å². The third-order valence-corrected chi connectivity index (χ3v) is 3.56. The molecule has 0 spiro atoms. The molecule has 0 amide bonds. The molecule has 0 fully saturated rings. The molecular weight excluding hydrogens is 256 g/mol. The van der Waals surface area contributed by atoms with Gasteiger partial charge in [-0.3, -0.25) is 4.79 Å². The fourth-order valence-corrected chi connectivity index (χ4v) is 2.68. The summed E-state index contributed by atoms with van der Waals surface area (Å²) < 4.78 is 5.31. The molecule has 0 atom stereocenters. The first-order chi connectivity index (χ1) is 8.96. The maximum Gasteiger partial charge on any atom is 0.316 e. The monoisotopic (exact) mass is 274 g/mol. The van der Waals surface area contributed by atoms with Gasteiger partial charge in [-0.1, -0.05) is 36.4 Å². The van der Waals surface area contributed by atoms with Crippen LogP contribution < -0.4 is 0 Å². The lowest BCUT2D eigenvalue weighted by molar-refractivity contribution is -0.151. The maximum atomic E-state index is 11.7. The number of hydrogen-bond donors (Lipinski definition) is 0. The van der Waals surface area contributed by atoms with E-state index >= 15 is 0 Å². The summed E-state index contributed by atoms with van der Waals surface area (Å²) >= 11 is 1.52. The molecule has 3 heteroatoms. The topological polar surface area (TPSA) is 26.3 Å². The Hall–Kier alpha value is -1.48.